The summed E-state index contributed by atoms with van der Waals surface area (Å²) in [7, 11) is 1.64. The summed E-state index contributed by atoms with van der Waals surface area (Å²) >= 11 is 0. The van der Waals surface area contributed by atoms with Crippen molar-refractivity contribution in [2.24, 2.45) is 0 Å². The molecule has 0 saturated carbocycles. The van der Waals surface area contributed by atoms with E-state index in [4.69, 9.17) is 19.9 Å². The molecular weight excluding hydrogens is 196 g/mol. The normalized spacial score (nSPS) is 10.2. The molecule has 5 nitrogen and oxygen atoms in total. The average molecular weight is 212 g/mol. The first-order valence-corrected chi connectivity index (χ1v) is 4.74. The van der Waals surface area contributed by atoms with Gasteiger partial charge >= 0.3 is 0 Å². The summed E-state index contributed by atoms with van der Waals surface area (Å²) in [6, 6.07) is 3.43. The molecule has 0 atom stereocenters. The molecule has 0 saturated heterocycles. The van der Waals surface area contributed by atoms with Crippen LogP contribution in [0.25, 0.3) is 0 Å². The monoisotopic (exact) mass is 212 g/mol. The van der Waals surface area contributed by atoms with Crippen molar-refractivity contribution in [3.05, 3.63) is 18.3 Å². The highest BCUT2D eigenvalue weighted by atomic mass is 16.5. The van der Waals surface area contributed by atoms with Gasteiger partial charge in [0.15, 0.2) is 0 Å². The number of aromatic nitrogens is 1. The zero-order chi connectivity index (χ0) is 10.9. The third kappa shape index (κ3) is 5.19. The first kappa shape index (κ1) is 11.7. The summed E-state index contributed by atoms with van der Waals surface area (Å²) in [6.45, 7) is 2.21. The van der Waals surface area contributed by atoms with Gasteiger partial charge in [0.1, 0.15) is 18.2 Å². The summed E-state index contributed by atoms with van der Waals surface area (Å²) < 4.78 is 15.4. The van der Waals surface area contributed by atoms with E-state index in [-0.39, 0.29) is 0 Å². The zero-order valence-corrected chi connectivity index (χ0v) is 8.81. The van der Waals surface area contributed by atoms with Gasteiger partial charge in [0.2, 0.25) is 0 Å². The summed E-state index contributed by atoms with van der Waals surface area (Å²) in [4.78, 5) is 3.86. The van der Waals surface area contributed by atoms with Crippen molar-refractivity contribution in [2.45, 2.75) is 0 Å². The molecule has 1 rings (SSSR count). The lowest BCUT2D eigenvalue weighted by Gasteiger charge is -2.06. The molecule has 0 fully saturated rings. The molecule has 1 aromatic heterocycles. The first-order valence-electron chi connectivity index (χ1n) is 4.74. The molecule has 0 unspecified atom stereocenters. The van der Waals surface area contributed by atoms with Crippen LogP contribution >= 0.6 is 0 Å². The lowest BCUT2D eigenvalue weighted by atomic mass is 10.4. The summed E-state index contributed by atoms with van der Waals surface area (Å²) in [5, 5.41) is 0. The molecule has 0 aliphatic heterocycles. The van der Waals surface area contributed by atoms with E-state index in [0.29, 0.717) is 38.0 Å². The smallest absolute Gasteiger partial charge is 0.126 e. The molecule has 5 heteroatoms. The Morgan fingerprint density at radius 3 is 2.80 bits per heavy atom. The Bertz CT molecular complexity index is 281. The molecule has 0 bridgehead atoms. The largest absolute Gasteiger partial charge is 0.491 e. The SMILES string of the molecule is COCCOCCOc1ccnc(N)c1. The molecule has 2 N–H and O–H groups in total. The van der Waals surface area contributed by atoms with Crippen molar-refractivity contribution < 1.29 is 14.2 Å². The van der Waals surface area contributed by atoms with Crippen LogP contribution < -0.4 is 10.5 Å². The second kappa shape index (κ2) is 7.03. The van der Waals surface area contributed by atoms with E-state index in [1.54, 1.807) is 25.4 Å². The quantitative estimate of drug-likeness (QED) is 0.674. The molecule has 15 heavy (non-hydrogen) atoms. The third-order valence-electron chi connectivity index (χ3n) is 1.68. The van der Waals surface area contributed by atoms with E-state index < -0.39 is 0 Å². The number of nitrogens with zero attached hydrogens (tertiary/aromatic N) is 1. The van der Waals surface area contributed by atoms with E-state index in [1.807, 2.05) is 0 Å². The fourth-order valence-corrected chi connectivity index (χ4v) is 0.980. The van der Waals surface area contributed by atoms with Gasteiger partial charge in [-0.1, -0.05) is 0 Å². The van der Waals surface area contributed by atoms with Crippen LogP contribution in [0.1, 0.15) is 0 Å². The number of ether oxygens (including phenoxy) is 3. The second-order valence-corrected chi connectivity index (χ2v) is 2.87. The van der Waals surface area contributed by atoms with Gasteiger partial charge < -0.3 is 19.9 Å². The zero-order valence-electron chi connectivity index (χ0n) is 8.81. The lowest BCUT2D eigenvalue weighted by molar-refractivity contribution is 0.0544. The van der Waals surface area contributed by atoms with E-state index in [2.05, 4.69) is 4.98 Å². The fraction of sp³-hybridized carbons (Fsp3) is 0.500. The van der Waals surface area contributed by atoms with E-state index in [1.165, 1.54) is 0 Å². The highest BCUT2D eigenvalue weighted by Crippen LogP contribution is 2.11. The van der Waals surface area contributed by atoms with E-state index >= 15 is 0 Å². The van der Waals surface area contributed by atoms with Crippen LogP contribution in [0, 0.1) is 0 Å². The molecule has 0 aliphatic rings. The Morgan fingerprint density at radius 1 is 1.27 bits per heavy atom. The van der Waals surface area contributed by atoms with Crippen molar-refractivity contribution in [2.75, 3.05) is 39.3 Å². The minimum absolute atomic E-state index is 0.452. The van der Waals surface area contributed by atoms with Crippen LogP contribution in [-0.2, 0) is 9.47 Å². The van der Waals surface area contributed by atoms with Crippen molar-refractivity contribution in [3.63, 3.8) is 0 Å². The van der Waals surface area contributed by atoms with Gasteiger partial charge in [-0.25, -0.2) is 4.98 Å². The molecule has 1 aromatic rings. The number of rotatable bonds is 7. The molecule has 84 valence electrons. The second-order valence-electron chi connectivity index (χ2n) is 2.87. The van der Waals surface area contributed by atoms with Crippen molar-refractivity contribution in [3.8, 4) is 5.75 Å². The topological polar surface area (TPSA) is 66.6 Å². The van der Waals surface area contributed by atoms with Crippen LogP contribution in [0.5, 0.6) is 5.75 Å². The number of nitrogen functional groups attached to an aromatic ring is 1. The molecule has 0 radical (unpaired) electrons. The Hall–Kier alpha value is -1.33. The van der Waals surface area contributed by atoms with Gasteiger partial charge in [0, 0.05) is 19.4 Å². The van der Waals surface area contributed by atoms with Crippen molar-refractivity contribution in [1.29, 1.82) is 0 Å². The molecule has 0 amide bonds. The van der Waals surface area contributed by atoms with Crippen LogP contribution in [-0.4, -0.2) is 38.5 Å². The molecule has 0 aromatic carbocycles. The van der Waals surface area contributed by atoms with Gasteiger partial charge in [-0.05, 0) is 6.07 Å². The van der Waals surface area contributed by atoms with Gasteiger partial charge in [-0.2, -0.15) is 0 Å². The predicted molar refractivity (Wildman–Crippen MR) is 56.8 cm³/mol. The lowest BCUT2D eigenvalue weighted by Crippen LogP contribution is -2.10. The molecule has 0 spiro atoms. The minimum Gasteiger partial charge on any atom is -0.491 e. The molecule has 1 heterocycles. The Kier molecular flexibility index (Phi) is 5.50. The molecular formula is C10H16N2O3. The predicted octanol–water partition coefficient (Wildman–Crippen LogP) is 0.706. The summed E-state index contributed by atoms with van der Waals surface area (Å²) in [5.74, 6) is 1.16. The fourth-order valence-electron chi connectivity index (χ4n) is 0.980. The first-order chi connectivity index (χ1) is 7.33. The Balaban J connectivity index is 2.10. The minimum atomic E-state index is 0.452. The number of pyridine rings is 1. The van der Waals surface area contributed by atoms with Gasteiger partial charge in [-0.15, -0.1) is 0 Å². The van der Waals surface area contributed by atoms with Gasteiger partial charge in [-0.3, -0.25) is 0 Å². The third-order valence-corrected chi connectivity index (χ3v) is 1.68. The van der Waals surface area contributed by atoms with Crippen LogP contribution in [0.15, 0.2) is 18.3 Å². The maximum absolute atomic E-state index is 5.49. The summed E-state index contributed by atoms with van der Waals surface area (Å²) in [6.07, 6.45) is 1.61. The van der Waals surface area contributed by atoms with Crippen molar-refractivity contribution in [1.82, 2.24) is 4.98 Å². The number of anilines is 1. The van der Waals surface area contributed by atoms with Crippen LogP contribution in [0.3, 0.4) is 0 Å². The van der Waals surface area contributed by atoms with E-state index in [0.717, 1.165) is 0 Å². The number of hydrogen-bond acceptors (Lipinski definition) is 5. The number of methoxy groups -OCH3 is 1. The van der Waals surface area contributed by atoms with Gasteiger partial charge in [0.25, 0.3) is 0 Å². The maximum atomic E-state index is 5.49. The van der Waals surface area contributed by atoms with Crippen LogP contribution in [0.4, 0.5) is 5.82 Å². The van der Waals surface area contributed by atoms with Crippen LogP contribution in [0.2, 0.25) is 0 Å². The standard InChI is InChI=1S/C10H16N2O3/c1-13-4-5-14-6-7-15-9-2-3-12-10(11)8-9/h2-3,8H,4-7H2,1H3,(H2,11,12). The highest BCUT2D eigenvalue weighted by molar-refractivity contribution is 5.35. The number of nitrogens with two attached hydrogens (primary N) is 1. The van der Waals surface area contributed by atoms with Crippen molar-refractivity contribution >= 4 is 5.82 Å². The Morgan fingerprint density at radius 2 is 2.07 bits per heavy atom. The Labute approximate surface area is 89.2 Å². The average Bonchev–Trinajstić information content (AvgIpc) is 2.23. The summed E-state index contributed by atoms with van der Waals surface area (Å²) in [5.41, 5.74) is 5.49. The highest BCUT2D eigenvalue weighted by Gasteiger charge is 1.94. The maximum Gasteiger partial charge on any atom is 0.126 e. The molecule has 0 aliphatic carbocycles. The van der Waals surface area contributed by atoms with Gasteiger partial charge in [0.05, 0.1) is 19.8 Å². The van der Waals surface area contributed by atoms with E-state index in [9.17, 15) is 0 Å². The number of hydrogen-bond donors (Lipinski definition) is 1.